The van der Waals surface area contributed by atoms with Crippen LogP contribution in [-0.4, -0.2) is 47.3 Å². The van der Waals surface area contributed by atoms with Gasteiger partial charge in [-0.25, -0.2) is 0 Å². The van der Waals surface area contributed by atoms with E-state index in [2.05, 4.69) is 0 Å². The summed E-state index contributed by atoms with van der Waals surface area (Å²) in [5.74, 6) is 0.0557. The molecular formula is C17H24N2O2. The molecule has 0 aliphatic carbocycles. The summed E-state index contributed by atoms with van der Waals surface area (Å²) in [6.07, 6.45) is 1.67. The first-order valence-corrected chi connectivity index (χ1v) is 7.74. The number of hydrogen-bond donors (Lipinski definition) is 0. The molecule has 4 nitrogen and oxygen atoms in total. The average Bonchev–Trinajstić information content (AvgIpc) is 2.97. The molecule has 0 aromatic heterocycles. The minimum atomic E-state index is -0.294. The van der Waals surface area contributed by atoms with Crippen LogP contribution in [0.5, 0.6) is 0 Å². The first-order valence-electron chi connectivity index (χ1n) is 7.74. The summed E-state index contributed by atoms with van der Waals surface area (Å²) in [5.41, 5.74) is 1.74. The number of carbonyl (C=O) groups excluding carboxylic acids is 2. The minimum Gasteiger partial charge on any atom is -0.341 e. The second-order valence-electron chi connectivity index (χ2n) is 5.54. The normalized spacial score (nSPS) is 17.9. The summed E-state index contributed by atoms with van der Waals surface area (Å²) in [6.45, 7) is 7.98. The SMILES string of the molecule is CCN(CC)C(=O)C1CCCN1C(=O)c1cccc(C)c1. The van der Waals surface area contributed by atoms with Crippen LogP contribution < -0.4 is 0 Å². The van der Waals surface area contributed by atoms with Crippen molar-refractivity contribution >= 4 is 11.8 Å². The Kier molecular flexibility index (Phi) is 4.99. The molecule has 0 spiro atoms. The topological polar surface area (TPSA) is 40.6 Å². The van der Waals surface area contributed by atoms with E-state index in [1.54, 1.807) is 4.90 Å². The standard InChI is InChI=1S/C17H24N2O2/c1-4-18(5-2)17(21)15-10-7-11-19(15)16(20)14-9-6-8-13(3)12-14/h6,8-9,12,15H,4-5,7,10-11H2,1-3H3. The Balaban J connectivity index is 2.18. The number of amides is 2. The van der Waals surface area contributed by atoms with Gasteiger partial charge >= 0.3 is 0 Å². The van der Waals surface area contributed by atoms with E-state index in [0.29, 0.717) is 25.2 Å². The van der Waals surface area contributed by atoms with Gasteiger partial charge in [-0.3, -0.25) is 9.59 Å². The number of hydrogen-bond acceptors (Lipinski definition) is 2. The van der Waals surface area contributed by atoms with Crippen molar-refractivity contribution in [1.82, 2.24) is 9.80 Å². The molecule has 0 radical (unpaired) electrons. The van der Waals surface area contributed by atoms with Gasteiger partial charge in [0.05, 0.1) is 0 Å². The van der Waals surface area contributed by atoms with Gasteiger partial charge in [-0.05, 0) is 45.7 Å². The van der Waals surface area contributed by atoms with Gasteiger partial charge in [0.15, 0.2) is 0 Å². The lowest BCUT2D eigenvalue weighted by Crippen LogP contribution is -2.47. The fourth-order valence-electron chi connectivity index (χ4n) is 2.96. The van der Waals surface area contributed by atoms with E-state index in [1.165, 1.54) is 0 Å². The monoisotopic (exact) mass is 288 g/mol. The van der Waals surface area contributed by atoms with Gasteiger partial charge < -0.3 is 9.80 Å². The van der Waals surface area contributed by atoms with Crippen LogP contribution in [-0.2, 0) is 4.79 Å². The summed E-state index contributed by atoms with van der Waals surface area (Å²) < 4.78 is 0. The molecule has 1 aromatic rings. The Bertz CT molecular complexity index is 523. The van der Waals surface area contributed by atoms with Crippen LogP contribution >= 0.6 is 0 Å². The lowest BCUT2D eigenvalue weighted by atomic mass is 10.1. The van der Waals surface area contributed by atoms with E-state index < -0.39 is 0 Å². The molecule has 1 aliphatic rings. The largest absolute Gasteiger partial charge is 0.341 e. The molecule has 1 aromatic carbocycles. The zero-order valence-electron chi connectivity index (χ0n) is 13.1. The van der Waals surface area contributed by atoms with Gasteiger partial charge in [-0.2, -0.15) is 0 Å². The number of nitrogens with zero attached hydrogens (tertiary/aromatic N) is 2. The van der Waals surface area contributed by atoms with E-state index >= 15 is 0 Å². The highest BCUT2D eigenvalue weighted by Gasteiger charge is 2.36. The van der Waals surface area contributed by atoms with Crippen LogP contribution in [0.4, 0.5) is 0 Å². The molecular weight excluding hydrogens is 264 g/mol. The summed E-state index contributed by atoms with van der Waals surface area (Å²) >= 11 is 0. The first kappa shape index (κ1) is 15.5. The third-order valence-corrected chi connectivity index (χ3v) is 4.14. The molecule has 0 saturated carbocycles. The fourth-order valence-corrected chi connectivity index (χ4v) is 2.96. The van der Waals surface area contributed by atoms with E-state index in [1.807, 2.05) is 49.9 Å². The molecule has 4 heteroatoms. The van der Waals surface area contributed by atoms with E-state index in [0.717, 1.165) is 18.4 Å². The van der Waals surface area contributed by atoms with Gasteiger partial charge in [0, 0.05) is 25.2 Å². The Morgan fingerprint density at radius 1 is 1.29 bits per heavy atom. The van der Waals surface area contributed by atoms with Crippen molar-refractivity contribution in [3.8, 4) is 0 Å². The number of benzene rings is 1. The molecule has 1 unspecified atom stereocenters. The summed E-state index contributed by atoms with van der Waals surface area (Å²) in [5, 5.41) is 0. The Morgan fingerprint density at radius 3 is 2.62 bits per heavy atom. The number of rotatable bonds is 4. The van der Waals surface area contributed by atoms with Crippen molar-refractivity contribution in [3.05, 3.63) is 35.4 Å². The van der Waals surface area contributed by atoms with Crippen LogP contribution in [0.2, 0.25) is 0 Å². The third-order valence-electron chi connectivity index (χ3n) is 4.14. The van der Waals surface area contributed by atoms with Crippen LogP contribution in [0.3, 0.4) is 0 Å². The van der Waals surface area contributed by atoms with Crippen molar-refractivity contribution in [2.45, 2.75) is 39.7 Å². The molecule has 21 heavy (non-hydrogen) atoms. The van der Waals surface area contributed by atoms with E-state index in [-0.39, 0.29) is 17.9 Å². The number of likely N-dealkylation sites (tertiary alicyclic amines) is 1. The van der Waals surface area contributed by atoms with Gasteiger partial charge in [0.2, 0.25) is 5.91 Å². The first-order chi connectivity index (χ1) is 10.1. The zero-order valence-corrected chi connectivity index (χ0v) is 13.1. The lowest BCUT2D eigenvalue weighted by Gasteiger charge is -2.29. The molecule has 0 bridgehead atoms. The maximum atomic E-state index is 12.7. The van der Waals surface area contributed by atoms with Crippen LogP contribution in [0.25, 0.3) is 0 Å². The summed E-state index contributed by atoms with van der Waals surface area (Å²) in [6, 6.07) is 7.28. The molecule has 2 amide bonds. The minimum absolute atomic E-state index is 0.0262. The fraction of sp³-hybridized carbons (Fsp3) is 0.529. The molecule has 1 saturated heterocycles. The number of carbonyl (C=O) groups is 2. The molecule has 1 aliphatic heterocycles. The van der Waals surface area contributed by atoms with Crippen LogP contribution in [0.1, 0.15) is 42.6 Å². The van der Waals surface area contributed by atoms with Gasteiger partial charge in [0.1, 0.15) is 6.04 Å². The lowest BCUT2D eigenvalue weighted by molar-refractivity contribution is -0.134. The Labute approximate surface area is 126 Å². The van der Waals surface area contributed by atoms with Crippen molar-refractivity contribution in [2.75, 3.05) is 19.6 Å². The maximum absolute atomic E-state index is 12.7. The molecule has 1 heterocycles. The predicted octanol–water partition coefficient (Wildman–Crippen LogP) is 2.47. The van der Waals surface area contributed by atoms with Crippen molar-refractivity contribution in [3.63, 3.8) is 0 Å². The summed E-state index contributed by atoms with van der Waals surface area (Å²) in [7, 11) is 0. The molecule has 2 rings (SSSR count). The zero-order chi connectivity index (χ0) is 15.4. The molecule has 1 atom stereocenters. The van der Waals surface area contributed by atoms with Gasteiger partial charge in [0.25, 0.3) is 5.91 Å². The third kappa shape index (κ3) is 3.26. The van der Waals surface area contributed by atoms with Crippen molar-refractivity contribution in [2.24, 2.45) is 0 Å². The molecule has 114 valence electrons. The van der Waals surface area contributed by atoms with Crippen molar-refractivity contribution in [1.29, 1.82) is 0 Å². The second-order valence-corrected chi connectivity index (χ2v) is 5.54. The van der Waals surface area contributed by atoms with Crippen LogP contribution in [0.15, 0.2) is 24.3 Å². The predicted molar refractivity (Wildman–Crippen MR) is 83.2 cm³/mol. The number of aryl methyl sites for hydroxylation is 1. The van der Waals surface area contributed by atoms with E-state index in [4.69, 9.17) is 0 Å². The highest BCUT2D eigenvalue weighted by Crippen LogP contribution is 2.22. The Hall–Kier alpha value is -1.84. The average molecular weight is 288 g/mol. The Morgan fingerprint density at radius 2 is 2.00 bits per heavy atom. The molecule has 0 N–H and O–H groups in total. The number of likely N-dealkylation sites (N-methyl/N-ethyl adjacent to an activating group) is 1. The van der Waals surface area contributed by atoms with Gasteiger partial charge in [-0.1, -0.05) is 17.7 Å². The highest BCUT2D eigenvalue weighted by atomic mass is 16.2. The van der Waals surface area contributed by atoms with Gasteiger partial charge in [-0.15, -0.1) is 0 Å². The second kappa shape index (κ2) is 6.74. The quantitative estimate of drug-likeness (QED) is 0.854. The molecule has 1 fully saturated rings. The summed E-state index contributed by atoms with van der Waals surface area (Å²) in [4.78, 5) is 28.8. The maximum Gasteiger partial charge on any atom is 0.254 e. The van der Waals surface area contributed by atoms with Crippen LogP contribution in [0, 0.1) is 6.92 Å². The van der Waals surface area contributed by atoms with E-state index in [9.17, 15) is 9.59 Å². The highest BCUT2D eigenvalue weighted by molar-refractivity contribution is 5.98. The smallest absolute Gasteiger partial charge is 0.254 e. The van der Waals surface area contributed by atoms with Crippen molar-refractivity contribution < 1.29 is 9.59 Å².